The van der Waals surface area contributed by atoms with Gasteiger partial charge in [0.25, 0.3) is 6.43 Å². The molecule has 1 N–H and O–H groups in total. The molecule has 5 nitrogen and oxygen atoms in total. The summed E-state index contributed by atoms with van der Waals surface area (Å²) in [6.07, 6.45) is -3.00. The summed E-state index contributed by atoms with van der Waals surface area (Å²) in [6, 6.07) is 0. The second-order valence-electron chi connectivity index (χ2n) is 3.55. The number of ether oxygens (including phenoxy) is 1. The van der Waals surface area contributed by atoms with E-state index in [2.05, 4.69) is 4.98 Å². The first-order chi connectivity index (χ1) is 7.29. The molecule has 1 rings (SSSR count). The Bertz CT molecular complexity index is 400. The van der Waals surface area contributed by atoms with Crippen molar-refractivity contribution in [2.75, 3.05) is 7.11 Å². The highest BCUT2D eigenvalue weighted by atomic mass is 19.3. The molecule has 16 heavy (non-hydrogen) atoms. The van der Waals surface area contributed by atoms with E-state index in [1.54, 1.807) is 0 Å². The van der Waals surface area contributed by atoms with Gasteiger partial charge < -0.3 is 14.3 Å². The molecule has 0 radical (unpaired) electrons. The molecule has 0 saturated heterocycles. The van der Waals surface area contributed by atoms with Crippen LogP contribution in [-0.2, 0) is 10.3 Å². The first-order valence-electron chi connectivity index (χ1n) is 4.37. The third-order valence-electron chi connectivity index (χ3n) is 2.08. The van der Waals surface area contributed by atoms with Gasteiger partial charge in [-0.1, -0.05) is 0 Å². The van der Waals surface area contributed by atoms with Crippen LogP contribution in [0.15, 0.2) is 4.42 Å². The topological polar surface area (TPSA) is 72.6 Å². The summed E-state index contributed by atoms with van der Waals surface area (Å²) in [5.74, 6) is -2.63. The molecule has 1 aromatic rings. The van der Waals surface area contributed by atoms with Crippen LogP contribution in [0.25, 0.3) is 0 Å². The number of aromatic nitrogens is 1. The lowest BCUT2D eigenvalue weighted by Gasteiger charge is -2.17. The summed E-state index contributed by atoms with van der Waals surface area (Å²) in [5.41, 5.74) is -1.94. The molecule has 0 aliphatic rings. The van der Waals surface area contributed by atoms with Gasteiger partial charge in [-0.25, -0.2) is 18.6 Å². The van der Waals surface area contributed by atoms with Crippen LogP contribution in [0.2, 0.25) is 0 Å². The minimum Gasteiger partial charge on any atom is -0.475 e. The van der Waals surface area contributed by atoms with E-state index in [4.69, 9.17) is 14.3 Å². The number of carboxylic acid groups (broad SMARTS) is 1. The summed E-state index contributed by atoms with van der Waals surface area (Å²) >= 11 is 0. The highest BCUT2D eigenvalue weighted by Crippen LogP contribution is 2.29. The SMILES string of the molecule is COC(C)(C)c1nc(C(F)F)c(C(=O)O)o1. The van der Waals surface area contributed by atoms with Crippen molar-refractivity contribution in [2.24, 2.45) is 0 Å². The van der Waals surface area contributed by atoms with Crippen molar-refractivity contribution in [3.8, 4) is 0 Å². The van der Waals surface area contributed by atoms with Gasteiger partial charge in [0.05, 0.1) is 0 Å². The van der Waals surface area contributed by atoms with Gasteiger partial charge in [0.2, 0.25) is 11.7 Å². The molecule has 90 valence electrons. The maximum absolute atomic E-state index is 12.5. The van der Waals surface area contributed by atoms with Crippen LogP contribution in [0.5, 0.6) is 0 Å². The van der Waals surface area contributed by atoms with Crippen molar-refractivity contribution in [3.05, 3.63) is 17.3 Å². The van der Waals surface area contributed by atoms with Crippen LogP contribution in [0, 0.1) is 0 Å². The lowest BCUT2D eigenvalue weighted by atomic mass is 10.1. The van der Waals surface area contributed by atoms with Crippen LogP contribution >= 0.6 is 0 Å². The van der Waals surface area contributed by atoms with E-state index >= 15 is 0 Å². The number of nitrogens with zero attached hydrogens (tertiary/aromatic N) is 1. The fourth-order valence-corrected chi connectivity index (χ4v) is 0.978. The molecular weight excluding hydrogens is 224 g/mol. The van der Waals surface area contributed by atoms with Crippen LogP contribution in [-0.4, -0.2) is 23.2 Å². The smallest absolute Gasteiger partial charge is 0.374 e. The standard InChI is InChI=1S/C9H11F2NO4/c1-9(2,15-3)8-12-4(6(10)11)5(16-8)7(13)14/h6H,1-3H3,(H,13,14). The first-order valence-corrected chi connectivity index (χ1v) is 4.37. The van der Waals surface area contributed by atoms with Crippen molar-refractivity contribution in [2.45, 2.75) is 25.9 Å². The normalized spacial score (nSPS) is 12.1. The molecule has 0 saturated carbocycles. The zero-order valence-electron chi connectivity index (χ0n) is 8.95. The number of aromatic carboxylic acids is 1. The largest absolute Gasteiger partial charge is 0.475 e. The van der Waals surface area contributed by atoms with Crippen molar-refractivity contribution in [1.29, 1.82) is 0 Å². The lowest BCUT2D eigenvalue weighted by molar-refractivity contribution is -0.00476. The molecule has 0 unspecified atom stereocenters. The van der Waals surface area contributed by atoms with Crippen LogP contribution < -0.4 is 0 Å². The van der Waals surface area contributed by atoms with Crippen molar-refractivity contribution < 1.29 is 27.8 Å². The van der Waals surface area contributed by atoms with Crippen molar-refractivity contribution in [3.63, 3.8) is 0 Å². The highest BCUT2D eigenvalue weighted by Gasteiger charge is 2.33. The van der Waals surface area contributed by atoms with Crippen LogP contribution in [0.1, 0.15) is 42.4 Å². The zero-order valence-corrected chi connectivity index (χ0v) is 8.95. The van der Waals surface area contributed by atoms with Crippen molar-refractivity contribution in [1.82, 2.24) is 4.98 Å². The molecule has 0 aliphatic heterocycles. The summed E-state index contributed by atoms with van der Waals surface area (Å²) < 4.78 is 34.7. The summed E-state index contributed by atoms with van der Waals surface area (Å²) in [6.45, 7) is 3.05. The molecule has 0 aliphatic carbocycles. The van der Waals surface area contributed by atoms with Crippen LogP contribution in [0.4, 0.5) is 8.78 Å². The van der Waals surface area contributed by atoms with Gasteiger partial charge >= 0.3 is 5.97 Å². The van der Waals surface area contributed by atoms with E-state index in [1.165, 1.54) is 21.0 Å². The van der Waals surface area contributed by atoms with Crippen LogP contribution in [0.3, 0.4) is 0 Å². The Morgan fingerprint density at radius 1 is 1.56 bits per heavy atom. The molecule has 0 fully saturated rings. The Morgan fingerprint density at radius 3 is 2.44 bits per heavy atom. The summed E-state index contributed by atoms with van der Waals surface area (Å²) in [4.78, 5) is 14.1. The third-order valence-corrected chi connectivity index (χ3v) is 2.08. The van der Waals surface area contributed by atoms with E-state index in [1.807, 2.05) is 0 Å². The fraction of sp³-hybridized carbons (Fsp3) is 0.556. The number of oxazole rings is 1. The molecule has 0 aromatic carbocycles. The Hall–Kier alpha value is -1.50. The predicted molar refractivity (Wildman–Crippen MR) is 48.5 cm³/mol. The van der Waals surface area contributed by atoms with E-state index < -0.39 is 29.4 Å². The van der Waals surface area contributed by atoms with Gasteiger partial charge in [0, 0.05) is 7.11 Å². The monoisotopic (exact) mass is 235 g/mol. The molecular formula is C9H11F2NO4. The Labute approximate surface area is 90.0 Å². The predicted octanol–water partition coefficient (Wildman–Crippen LogP) is 2.19. The highest BCUT2D eigenvalue weighted by molar-refractivity contribution is 5.85. The molecule has 1 heterocycles. The number of carbonyl (C=O) groups is 1. The maximum atomic E-state index is 12.5. The number of hydrogen-bond acceptors (Lipinski definition) is 4. The second-order valence-corrected chi connectivity index (χ2v) is 3.55. The first kappa shape index (κ1) is 12.6. The van der Waals surface area contributed by atoms with Gasteiger partial charge in [-0.3, -0.25) is 0 Å². The Balaban J connectivity index is 3.27. The van der Waals surface area contributed by atoms with Gasteiger partial charge in [-0.15, -0.1) is 0 Å². The molecule has 0 bridgehead atoms. The molecule has 7 heteroatoms. The number of carboxylic acids is 1. The minimum atomic E-state index is -3.00. The zero-order chi connectivity index (χ0) is 12.5. The molecule has 0 atom stereocenters. The number of hydrogen-bond donors (Lipinski definition) is 1. The summed E-state index contributed by atoms with van der Waals surface area (Å²) in [5, 5.41) is 8.66. The number of methoxy groups -OCH3 is 1. The fourth-order valence-electron chi connectivity index (χ4n) is 0.978. The number of rotatable bonds is 4. The third kappa shape index (κ3) is 2.19. The number of alkyl halides is 2. The second kappa shape index (κ2) is 4.17. The van der Waals surface area contributed by atoms with E-state index in [9.17, 15) is 13.6 Å². The van der Waals surface area contributed by atoms with Gasteiger partial charge in [-0.05, 0) is 13.8 Å². The molecule has 0 spiro atoms. The minimum absolute atomic E-state index is 0.192. The average molecular weight is 235 g/mol. The molecule has 0 amide bonds. The van der Waals surface area contributed by atoms with Gasteiger partial charge in [0.1, 0.15) is 5.60 Å². The van der Waals surface area contributed by atoms with Gasteiger partial charge in [0.15, 0.2) is 5.69 Å². The maximum Gasteiger partial charge on any atom is 0.374 e. The van der Waals surface area contributed by atoms with Gasteiger partial charge in [-0.2, -0.15) is 0 Å². The Kier molecular flexibility index (Phi) is 3.27. The van der Waals surface area contributed by atoms with E-state index in [-0.39, 0.29) is 5.89 Å². The van der Waals surface area contributed by atoms with Crippen molar-refractivity contribution >= 4 is 5.97 Å². The van der Waals surface area contributed by atoms with E-state index in [0.717, 1.165) is 0 Å². The lowest BCUT2D eigenvalue weighted by Crippen LogP contribution is -2.19. The van der Waals surface area contributed by atoms with E-state index in [0.29, 0.717) is 0 Å². The average Bonchev–Trinajstić information content (AvgIpc) is 2.62. The quantitative estimate of drug-likeness (QED) is 0.865. The summed E-state index contributed by atoms with van der Waals surface area (Å²) in [7, 11) is 1.34. The number of halogens is 2. The Morgan fingerprint density at radius 2 is 2.12 bits per heavy atom. The molecule has 1 aromatic heterocycles.